The third kappa shape index (κ3) is 3.23. The monoisotopic (exact) mass is 375 g/mol. The van der Waals surface area contributed by atoms with Gasteiger partial charge in [-0.3, -0.25) is 0 Å². The largest absolute Gasteiger partial charge is 0.371 e. The van der Waals surface area contributed by atoms with Gasteiger partial charge in [-0.1, -0.05) is 23.4 Å². The Hall–Kier alpha value is -2.89. The molecule has 0 N–H and O–H groups in total. The second-order valence-corrected chi connectivity index (χ2v) is 7.78. The number of aryl methyl sites for hydroxylation is 1. The number of rotatable bonds is 4. The summed E-state index contributed by atoms with van der Waals surface area (Å²) < 4.78 is 5.39. The molecule has 4 heterocycles. The lowest BCUT2D eigenvalue weighted by Crippen LogP contribution is -2.39. The van der Waals surface area contributed by atoms with E-state index in [1.165, 1.54) is 30.5 Å². The molecule has 1 aromatic carbocycles. The molecule has 144 valence electrons. The van der Waals surface area contributed by atoms with Crippen molar-refractivity contribution in [2.75, 3.05) is 36.0 Å². The zero-order chi connectivity index (χ0) is 18.9. The number of aromatic nitrogens is 3. The smallest absolute Gasteiger partial charge is 0.261 e. The molecule has 0 spiro atoms. The zero-order valence-corrected chi connectivity index (χ0v) is 16.2. The van der Waals surface area contributed by atoms with Gasteiger partial charge in [-0.25, -0.2) is 4.98 Å². The number of hydrogen-bond donors (Lipinski definition) is 0. The Kier molecular flexibility index (Phi) is 4.47. The van der Waals surface area contributed by atoms with Crippen LogP contribution >= 0.6 is 0 Å². The number of para-hydroxylation sites is 1. The molecule has 0 saturated carbocycles. The fraction of sp³-hybridized carbons (Fsp3) is 0.409. The molecule has 1 saturated heterocycles. The van der Waals surface area contributed by atoms with Gasteiger partial charge in [0.1, 0.15) is 5.82 Å². The van der Waals surface area contributed by atoms with Gasteiger partial charge in [-0.05, 0) is 55.9 Å². The van der Waals surface area contributed by atoms with Crippen LogP contribution in [-0.4, -0.2) is 41.3 Å². The molecule has 2 aliphatic rings. The van der Waals surface area contributed by atoms with E-state index in [-0.39, 0.29) is 0 Å². The van der Waals surface area contributed by atoms with Crippen LogP contribution in [0.3, 0.4) is 0 Å². The minimum absolute atomic E-state index is 0.552. The predicted molar refractivity (Wildman–Crippen MR) is 110 cm³/mol. The van der Waals surface area contributed by atoms with Crippen molar-refractivity contribution in [3.8, 4) is 11.5 Å². The average molecular weight is 375 g/mol. The van der Waals surface area contributed by atoms with Crippen LogP contribution in [0, 0.1) is 12.8 Å². The van der Waals surface area contributed by atoms with Crippen LogP contribution in [0.15, 0.2) is 47.1 Å². The number of piperidine rings is 1. The Morgan fingerprint density at radius 3 is 2.75 bits per heavy atom. The van der Waals surface area contributed by atoms with E-state index < -0.39 is 0 Å². The van der Waals surface area contributed by atoms with E-state index in [2.05, 4.69) is 49.2 Å². The van der Waals surface area contributed by atoms with Crippen molar-refractivity contribution in [3.63, 3.8) is 0 Å². The summed E-state index contributed by atoms with van der Waals surface area (Å²) in [4.78, 5) is 14.0. The Labute approximate surface area is 165 Å². The maximum Gasteiger partial charge on any atom is 0.261 e. The Morgan fingerprint density at radius 1 is 1.07 bits per heavy atom. The molecule has 0 atom stereocenters. The minimum atomic E-state index is 0.552. The Bertz CT molecular complexity index is 961. The molecule has 28 heavy (non-hydrogen) atoms. The van der Waals surface area contributed by atoms with Crippen LogP contribution in [0.4, 0.5) is 11.5 Å². The standard InChI is InChI=1S/C22H25N5O/c1-16-24-22(28-25-16)19-6-4-11-23-21(19)26-12-8-17(9-13-26)15-27-14-10-18-5-2-3-7-20(18)27/h2-7,11,17H,8-10,12-15H2,1H3. The summed E-state index contributed by atoms with van der Waals surface area (Å²) in [7, 11) is 0. The van der Waals surface area contributed by atoms with Crippen LogP contribution in [-0.2, 0) is 6.42 Å². The normalized spacial score (nSPS) is 17.2. The van der Waals surface area contributed by atoms with Crippen molar-refractivity contribution >= 4 is 11.5 Å². The van der Waals surface area contributed by atoms with Crippen molar-refractivity contribution < 1.29 is 4.52 Å². The third-order valence-corrected chi connectivity index (χ3v) is 5.92. The molecule has 6 heteroatoms. The fourth-order valence-corrected chi connectivity index (χ4v) is 4.46. The first-order chi connectivity index (χ1) is 13.8. The van der Waals surface area contributed by atoms with E-state index in [1.807, 2.05) is 25.3 Å². The molecule has 2 aliphatic heterocycles. The summed E-state index contributed by atoms with van der Waals surface area (Å²) in [5.74, 6) is 2.88. The summed E-state index contributed by atoms with van der Waals surface area (Å²) >= 11 is 0. The summed E-state index contributed by atoms with van der Waals surface area (Å²) in [5.41, 5.74) is 3.85. The second-order valence-electron chi connectivity index (χ2n) is 7.78. The maximum absolute atomic E-state index is 5.39. The van der Waals surface area contributed by atoms with Gasteiger partial charge >= 0.3 is 0 Å². The van der Waals surface area contributed by atoms with Gasteiger partial charge in [0, 0.05) is 38.1 Å². The van der Waals surface area contributed by atoms with Crippen molar-refractivity contribution in [1.82, 2.24) is 15.1 Å². The number of hydrogen-bond acceptors (Lipinski definition) is 6. The van der Waals surface area contributed by atoms with Crippen LogP contribution in [0.25, 0.3) is 11.5 Å². The molecule has 2 aromatic heterocycles. The highest BCUT2D eigenvalue weighted by atomic mass is 16.5. The van der Waals surface area contributed by atoms with E-state index in [9.17, 15) is 0 Å². The van der Waals surface area contributed by atoms with Gasteiger partial charge in [0.25, 0.3) is 5.89 Å². The molecule has 6 nitrogen and oxygen atoms in total. The van der Waals surface area contributed by atoms with E-state index >= 15 is 0 Å². The van der Waals surface area contributed by atoms with E-state index in [0.29, 0.717) is 11.7 Å². The highest BCUT2D eigenvalue weighted by Crippen LogP contribution is 2.33. The minimum Gasteiger partial charge on any atom is -0.371 e. The molecule has 0 bridgehead atoms. The van der Waals surface area contributed by atoms with Crippen molar-refractivity contribution in [2.24, 2.45) is 5.92 Å². The van der Waals surface area contributed by atoms with Crippen LogP contribution in [0.2, 0.25) is 0 Å². The molecule has 1 fully saturated rings. The number of nitrogens with zero attached hydrogens (tertiary/aromatic N) is 5. The first-order valence-electron chi connectivity index (χ1n) is 10.1. The summed E-state index contributed by atoms with van der Waals surface area (Å²) in [5, 5.41) is 3.93. The third-order valence-electron chi connectivity index (χ3n) is 5.92. The molecule has 0 unspecified atom stereocenters. The maximum atomic E-state index is 5.39. The lowest BCUT2D eigenvalue weighted by molar-refractivity contribution is 0.403. The van der Waals surface area contributed by atoms with Crippen molar-refractivity contribution in [1.29, 1.82) is 0 Å². The predicted octanol–water partition coefficient (Wildman–Crippen LogP) is 3.72. The van der Waals surface area contributed by atoms with E-state index in [4.69, 9.17) is 4.52 Å². The Balaban J connectivity index is 1.26. The molecule has 3 aromatic rings. The first kappa shape index (κ1) is 17.2. The highest BCUT2D eigenvalue weighted by molar-refractivity contribution is 5.69. The topological polar surface area (TPSA) is 58.3 Å². The van der Waals surface area contributed by atoms with Crippen molar-refractivity contribution in [3.05, 3.63) is 54.0 Å². The molecular formula is C22H25N5O. The fourth-order valence-electron chi connectivity index (χ4n) is 4.46. The molecular weight excluding hydrogens is 350 g/mol. The SMILES string of the molecule is Cc1noc(-c2cccnc2N2CCC(CN3CCc4ccccc43)CC2)n1. The number of fused-ring (bicyclic) bond motifs is 1. The Morgan fingerprint density at radius 2 is 1.93 bits per heavy atom. The lowest BCUT2D eigenvalue weighted by Gasteiger charge is -2.35. The van der Waals surface area contributed by atoms with Gasteiger partial charge in [0.05, 0.1) is 5.56 Å². The van der Waals surface area contributed by atoms with E-state index in [0.717, 1.165) is 43.5 Å². The van der Waals surface area contributed by atoms with Crippen LogP contribution in [0.5, 0.6) is 0 Å². The number of pyridine rings is 1. The molecule has 0 radical (unpaired) electrons. The lowest BCUT2D eigenvalue weighted by atomic mass is 9.95. The van der Waals surface area contributed by atoms with Gasteiger partial charge in [-0.15, -0.1) is 0 Å². The van der Waals surface area contributed by atoms with Gasteiger partial charge in [0.15, 0.2) is 5.82 Å². The quantitative estimate of drug-likeness (QED) is 0.693. The van der Waals surface area contributed by atoms with Gasteiger partial charge < -0.3 is 14.3 Å². The van der Waals surface area contributed by atoms with Crippen LogP contribution in [0.1, 0.15) is 24.2 Å². The van der Waals surface area contributed by atoms with Gasteiger partial charge in [-0.2, -0.15) is 4.98 Å². The summed E-state index contributed by atoms with van der Waals surface area (Å²) in [6, 6.07) is 12.8. The van der Waals surface area contributed by atoms with E-state index in [1.54, 1.807) is 0 Å². The average Bonchev–Trinajstić information content (AvgIpc) is 3.35. The number of anilines is 2. The second kappa shape index (κ2) is 7.26. The number of benzene rings is 1. The summed E-state index contributed by atoms with van der Waals surface area (Å²) in [6.45, 7) is 6.17. The summed E-state index contributed by atoms with van der Waals surface area (Å²) in [6.07, 6.45) is 5.38. The molecule has 0 amide bonds. The first-order valence-corrected chi connectivity index (χ1v) is 10.1. The zero-order valence-electron chi connectivity index (χ0n) is 16.2. The molecule has 5 rings (SSSR count). The highest BCUT2D eigenvalue weighted by Gasteiger charge is 2.27. The van der Waals surface area contributed by atoms with Crippen molar-refractivity contribution in [2.45, 2.75) is 26.2 Å². The van der Waals surface area contributed by atoms with Crippen LogP contribution < -0.4 is 9.80 Å². The van der Waals surface area contributed by atoms with Gasteiger partial charge in [0.2, 0.25) is 0 Å². The molecule has 0 aliphatic carbocycles.